The van der Waals surface area contributed by atoms with Crippen LogP contribution in [0.1, 0.15) is 12.8 Å². The molecule has 1 aliphatic heterocycles. The van der Waals surface area contributed by atoms with Crippen LogP contribution in [-0.2, 0) is 9.53 Å². The lowest BCUT2D eigenvalue weighted by molar-refractivity contribution is -0.114. The molecule has 0 aromatic heterocycles. The average molecular weight is 344 g/mol. The quantitative estimate of drug-likeness (QED) is 0.808. The van der Waals surface area contributed by atoms with E-state index in [9.17, 15) is 9.18 Å². The molecule has 5 nitrogen and oxygen atoms in total. The third kappa shape index (κ3) is 5.19. The van der Waals surface area contributed by atoms with Crippen LogP contribution in [0.5, 0.6) is 5.75 Å². The second-order valence-electron chi connectivity index (χ2n) is 5.86. The summed E-state index contributed by atoms with van der Waals surface area (Å²) >= 11 is 0. The number of rotatable bonds is 7. The Kier molecular flexibility index (Phi) is 5.85. The van der Waals surface area contributed by atoms with Crippen LogP contribution in [-0.4, -0.2) is 31.8 Å². The number of amides is 1. The number of para-hydroxylation sites is 1. The van der Waals surface area contributed by atoms with Crippen LogP contribution >= 0.6 is 0 Å². The second kappa shape index (κ2) is 8.48. The number of anilines is 2. The average Bonchev–Trinajstić information content (AvgIpc) is 3.13. The molecule has 132 valence electrons. The zero-order valence-electron chi connectivity index (χ0n) is 13.8. The molecule has 1 heterocycles. The van der Waals surface area contributed by atoms with Gasteiger partial charge in [0.15, 0.2) is 0 Å². The van der Waals surface area contributed by atoms with E-state index in [-0.39, 0.29) is 24.4 Å². The van der Waals surface area contributed by atoms with Crippen molar-refractivity contribution in [3.63, 3.8) is 0 Å². The zero-order chi connectivity index (χ0) is 17.5. The number of hydrogen-bond donors (Lipinski definition) is 2. The first kappa shape index (κ1) is 17.2. The minimum absolute atomic E-state index is 0.0259. The van der Waals surface area contributed by atoms with E-state index in [4.69, 9.17) is 9.47 Å². The topological polar surface area (TPSA) is 59.6 Å². The van der Waals surface area contributed by atoms with Crippen molar-refractivity contribution < 1.29 is 18.7 Å². The van der Waals surface area contributed by atoms with Gasteiger partial charge >= 0.3 is 0 Å². The third-order valence-corrected chi connectivity index (χ3v) is 3.89. The van der Waals surface area contributed by atoms with Crippen molar-refractivity contribution in [2.75, 3.05) is 30.4 Å². The molecule has 0 spiro atoms. The Balaban J connectivity index is 1.49. The second-order valence-corrected chi connectivity index (χ2v) is 5.86. The summed E-state index contributed by atoms with van der Waals surface area (Å²) in [6.45, 7) is 1.27. The number of carbonyl (C=O) groups is 1. The van der Waals surface area contributed by atoms with Crippen LogP contribution in [0.4, 0.5) is 15.8 Å². The minimum Gasteiger partial charge on any atom is -0.491 e. The molecule has 6 heteroatoms. The van der Waals surface area contributed by atoms with E-state index >= 15 is 0 Å². The smallest absolute Gasteiger partial charge is 0.243 e. The fourth-order valence-electron chi connectivity index (χ4n) is 2.61. The molecule has 0 radical (unpaired) electrons. The van der Waals surface area contributed by atoms with Crippen molar-refractivity contribution in [3.05, 3.63) is 54.3 Å². The van der Waals surface area contributed by atoms with Crippen molar-refractivity contribution in [2.45, 2.75) is 18.9 Å². The summed E-state index contributed by atoms with van der Waals surface area (Å²) in [5, 5.41) is 5.54. The Morgan fingerprint density at radius 2 is 2.12 bits per heavy atom. The molecule has 3 rings (SSSR count). The van der Waals surface area contributed by atoms with E-state index in [2.05, 4.69) is 10.6 Å². The first-order valence-electron chi connectivity index (χ1n) is 8.33. The Bertz CT molecular complexity index is 717. The summed E-state index contributed by atoms with van der Waals surface area (Å²) in [7, 11) is 0. The standard InChI is InChI=1S/C19H21FN2O3/c20-17-8-1-2-9-18(17)21-12-19(23)22-14-5-3-6-15(11-14)25-13-16-7-4-10-24-16/h1-3,5-6,8-9,11,16,21H,4,7,10,12-13H2,(H,22,23). The lowest BCUT2D eigenvalue weighted by Gasteiger charge is -2.13. The molecule has 0 saturated carbocycles. The predicted octanol–water partition coefficient (Wildman–Crippen LogP) is 3.43. The van der Waals surface area contributed by atoms with E-state index in [0.717, 1.165) is 19.4 Å². The van der Waals surface area contributed by atoms with Crippen LogP contribution in [0.3, 0.4) is 0 Å². The van der Waals surface area contributed by atoms with E-state index in [1.807, 2.05) is 12.1 Å². The van der Waals surface area contributed by atoms with E-state index < -0.39 is 0 Å². The van der Waals surface area contributed by atoms with E-state index in [0.29, 0.717) is 23.7 Å². The van der Waals surface area contributed by atoms with Crippen molar-refractivity contribution in [1.82, 2.24) is 0 Å². The minimum atomic E-state index is -0.389. The molecule has 1 amide bonds. The van der Waals surface area contributed by atoms with Gasteiger partial charge in [-0.1, -0.05) is 18.2 Å². The van der Waals surface area contributed by atoms with Gasteiger partial charge in [-0.2, -0.15) is 0 Å². The van der Waals surface area contributed by atoms with Gasteiger partial charge in [0.2, 0.25) is 5.91 Å². The molecule has 1 fully saturated rings. The fourth-order valence-corrected chi connectivity index (χ4v) is 2.61. The van der Waals surface area contributed by atoms with E-state index in [1.165, 1.54) is 6.07 Å². The monoisotopic (exact) mass is 344 g/mol. The number of carbonyl (C=O) groups excluding carboxylic acids is 1. The summed E-state index contributed by atoms with van der Waals surface area (Å²) in [6, 6.07) is 13.4. The molecular weight excluding hydrogens is 323 g/mol. The lowest BCUT2D eigenvalue weighted by Crippen LogP contribution is -2.22. The Labute approximate surface area is 146 Å². The molecule has 2 aromatic rings. The number of ether oxygens (including phenoxy) is 2. The van der Waals surface area contributed by atoms with Gasteiger partial charge in [0.05, 0.1) is 18.3 Å². The van der Waals surface area contributed by atoms with Crippen molar-refractivity contribution >= 4 is 17.3 Å². The molecule has 25 heavy (non-hydrogen) atoms. The SMILES string of the molecule is O=C(CNc1ccccc1F)Nc1cccc(OCC2CCCO2)c1. The van der Waals surface area contributed by atoms with Gasteiger partial charge in [0.25, 0.3) is 0 Å². The van der Waals surface area contributed by atoms with Gasteiger partial charge in [0.1, 0.15) is 18.2 Å². The maximum atomic E-state index is 13.5. The van der Waals surface area contributed by atoms with Gasteiger partial charge < -0.3 is 20.1 Å². The maximum absolute atomic E-state index is 13.5. The van der Waals surface area contributed by atoms with E-state index in [1.54, 1.807) is 30.3 Å². The first-order valence-corrected chi connectivity index (χ1v) is 8.33. The molecule has 1 saturated heterocycles. The summed E-state index contributed by atoms with van der Waals surface area (Å²) in [5.74, 6) is 0.0229. The van der Waals surface area contributed by atoms with Gasteiger partial charge in [-0.25, -0.2) is 4.39 Å². The van der Waals surface area contributed by atoms with Crippen molar-refractivity contribution in [3.8, 4) is 5.75 Å². The van der Waals surface area contributed by atoms with Gasteiger partial charge in [-0.3, -0.25) is 4.79 Å². The first-order chi connectivity index (χ1) is 12.2. The third-order valence-electron chi connectivity index (χ3n) is 3.89. The predicted molar refractivity (Wildman–Crippen MR) is 94.4 cm³/mol. The Hall–Kier alpha value is -2.60. The van der Waals surface area contributed by atoms with Crippen LogP contribution in [0.2, 0.25) is 0 Å². The molecule has 1 unspecified atom stereocenters. The highest BCUT2D eigenvalue weighted by atomic mass is 19.1. The largest absolute Gasteiger partial charge is 0.491 e. The van der Waals surface area contributed by atoms with Crippen molar-refractivity contribution in [1.29, 1.82) is 0 Å². The van der Waals surface area contributed by atoms with Crippen LogP contribution in [0.15, 0.2) is 48.5 Å². The van der Waals surface area contributed by atoms with Crippen LogP contribution in [0.25, 0.3) is 0 Å². The molecule has 2 N–H and O–H groups in total. The highest BCUT2D eigenvalue weighted by Crippen LogP contribution is 2.20. The summed E-state index contributed by atoms with van der Waals surface area (Å²) in [6.07, 6.45) is 2.22. The summed E-state index contributed by atoms with van der Waals surface area (Å²) in [5.41, 5.74) is 0.927. The summed E-state index contributed by atoms with van der Waals surface area (Å²) < 4.78 is 24.7. The number of benzene rings is 2. The molecule has 1 atom stereocenters. The zero-order valence-corrected chi connectivity index (χ0v) is 13.8. The Morgan fingerprint density at radius 3 is 2.92 bits per heavy atom. The molecule has 0 aliphatic carbocycles. The molecule has 0 bridgehead atoms. The van der Waals surface area contributed by atoms with Gasteiger partial charge in [-0.05, 0) is 37.1 Å². The number of nitrogens with one attached hydrogen (secondary N) is 2. The fraction of sp³-hybridized carbons (Fsp3) is 0.316. The highest BCUT2D eigenvalue weighted by molar-refractivity contribution is 5.93. The normalized spacial score (nSPS) is 16.4. The van der Waals surface area contributed by atoms with Crippen LogP contribution < -0.4 is 15.4 Å². The van der Waals surface area contributed by atoms with Crippen molar-refractivity contribution in [2.24, 2.45) is 0 Å². The van der Waals surface area contributed by atoms with Gasteiger partial charge in [-0.15, -0.1) is 0 Å². The lowest BCUT2D eigenvalue weighted by atomic mass is 10.2. The Morgan fingerprint density at radius 1 is 1.24 bits per heavy atom. The number of hydrogen-bond acceptors (Lipinski definition) is 4. The summed E-state index contributed by atoms with van der Waals surface area (Å²) in [4.78, 5) is 12.0. The van der Waals surface area contributed by atoms with Crippen LogP contribution in [0, 0.1) is 5.82 Å². The molecular formula is C19H21FN2O3. The highest BCUT2D eigenvalue weighted by Gasteiger charge is 2.16. The number of halogens is 1. The molecule has 2 aromatic carbocycles. The molecule has 1 aliphatic rings. The maximum Gasteiger partial charge on any atom is 0.243 e. The van der Waals surface area contributed by atoms with Gasteiger partial charge in [0, 0.05) is 18.4 Å².